The first-order valence-corrected chi connectivity index (χ1v) is 11.7. The van der Waals surface area contributed by atoms with Gasteiger partial charge in [-0.15, -0.1) is 0 Å². The standard InChI is InChI=1S/C26H29FN2O2/c27-22-4-2-1-3-20(22)19-6-5-17-7-10-26(11-12-26)24(21(17)15-19)29(25(30)31)23-16-28-13-8-18(23)9-14-28/h1-6,15,18,23-24H,7-14,16H2,(H,30,31)/t23?,24-/m1/s1. The summed E-state index contributed by atoms with van der Waals surface area (Å²) in [6, 6.07) is 13.0. The van der Waals surface area contributed by atoms with E-state index >= 15 is 0 Å². The van der Waals surface area contributed by atoms with Crippen LogP contribution in [-0.4, -0.2) is 46.7 Å². The van der Waals surface area contributed by atoms with Crippen LogP contribution < -0.4 is 0 Å². The molecular formula is C26H29FN2O2. The van der Waals surface area contributed by atoms with Crippen molar-refractivity contribution in [2.24, 2.45) is 11.3 Å². The number of aryl methyl sites for hydroxylation is 1. The van der Waals surface area contributed by atoms with Crippen molar-refractivity contribution >= 4 is 6.09 Å². The molecule has 162 valence electrons. The van der Waals surface area contributed by atoms with Crippen molar-refractivity contribution in [1.29, 1.82) is 0 Å². The third-order valence-electron chi connectivity index (χ3n) is 8.47. The summed E-state index contributed by atoms with van der Waals surface area (Å²) in [5, 5.41) is 10.5. The highest BCUT2D eigenvalue weighted by atomic mass is 19.1. The smallest absolute Gasteiger partial charge is 0.408 e. The molecule has 4 fully saturated rings. The summed E-state index contributed by atoms with van der Waals surface area (Å²) >= 11 is 0. The molecule has 1 spiro atoms. The van der Waals surface area contributed by atoms with Crippen LogP contribution in [-0.2, 0) is 6.42 Å². The Morgan fingerprint density at radius 3 is 2.52 bits per heavy atom. The van der Waals surface area contributed by atoms with Crippen LogP contribution in [0.2, 0.25) is 0 Å². The molecule has 2 bridgehead atoms. The van der Waals surface area contributed by atoms with Crippen LogP contribution in [0.15, 0.2) is 42.5 Å². The Labute approximate surface area is 182 Å². The maximum absolute atomic E-state index is 14.5. The normalized spacial score (nSPS) is 30.1. The van der Waals surface area contributed by atoms with Crippen LogP contribution in [0.4, 0.5) is 9.18 Å². The lowest BCUT2D eigenvalue weighted by Gasteiger charge is -2.52. The van der Waals surface area contributed by atoms with Gasteiger partial charge >= 0.3 is 6.09 Å². The van der Waals surface area contributed by atoms with E-state index in [-0.39, 0.29) is 23.3 Å². The zero-order valence-corrected chi connectivity index (χ0v) is 17.8. The van der Waals surface area contributed by atoms with E-state index in [2.05, 4.69) is 17.0 Å². The molecule has 1 unspecified atom stereocenters. The topological polar surface area (TPSA) is 43.8 Å². The first-order chi connectivity index (χ1) is 15.1. The minimum absolute atomic E-state index is 0.0607. The summed E-state index contributed by atoms with van der Waals surface area (Å²) in [5.74, 6) is 0.223. The molecule has 2 aromatic rings. The highest BCUT2D eigenvalue weighted by Gasteiger charge is 2.57. The largest absolute Gasteiger partial charge is 0.465 e. The van der Waals surface area contributed by atoms with Gasteiger partial charge in [0.25, 0.3) is 0 Å². The van der Waals surface area contributed by atoms with Crippen LogP contribution in [0.3, 0.4) is 0 Å². The maximum Gasteiger partial charge on any atom is 0.408 e. The number of carbonyl (C=O) groups is 1. The van der Waals surface area contributed by atoms with Crippen molar-refractivity contribution < 1.29 is 14.3 Å². The van der Waals surface area contributed by atoms with Crippen molar-refractivity contribution in [2.75, 3.05) is 19.6 Å². The van der Waals surface area contributed by atoms with E-state index in [1.165, 1.54) is 11.6 Å². The van der Waals surface area contributed by atoms with Crippen molar-refractivity contribution in [2.45, 2.75) is 50.6 Å². The van der Waals surface area contributed by atoms with E-state index < -0.39 is 6.09 Å². The van der Waals surface area contributed by atoms with Gasteiger partial charge in [-0.25, -0.2) is 9.18 Å². The number of hydrogen-bond acceptors (Lipinski definition) is 2. The number of nitrogens with zero attached hydrogens (tertiary/aromatic N) is 2. The zero-order valence-electron chi connectivity index (χ0n) is 17.8. The van der Waals surface area contributed by atoms with Gasteiger partial charge < -0.3 is 10.0 Å². The van der Waals surface area contributed by atoms with Gasteiger partial charge in [0.15, 0.2) is 0 Å². The van der Waals surface area contributed by atoms with E-state index in [4.69, 9.17) is 0 Å². The predicted molar refractivity (Wildman–Crippen MR) is 117 cm³/mol. The van der Waals surface area contributed by atoms with Crippen molar-refractivity contribution in [3.05, 3.63) is 59.4 Å². The number of hydrogen-bond donors (Lipinski definition) is 1. The highest BCUT2D eigenvalue weighted by Crippen LogP contribution is 2.64. The SMILES string of the molecule is O=C(O)N(C1CN2CCC1CC2)[C@@H]1c2cc(-c3ccccc3F)ccc2CCC12CC2. The van der Waals surface area contributed by atoms with Gasteiger partial charge in [-0.2, -0.15) is 0 Å². The first-order valence-electron chi connectivity index (χ1n) is 11.7. The number of fused-ring (bicyclic) bond motifs is 4. The van der Waals surface area contributed by atoms with Gasteiger partial charge in [0.05, 0.1) is 12.1 Å². The maximum atomic E-state index is 14.5. The summed E-state index contributed by atoms with van der Waals surface area (Å²) in [6.07, 6.45) is 5.61. The molecule has 5 heteroatoms. The Morgan fingerprint density at radius 1 is 1.10 bits per heavy atom. The lowest BCUT2D eigenvalue weighted by Crippen LogP contribution is -2.60. The minimum atomic E-state index is -0.792. The second-order valence-corrected chi connectivity index (χ2v) is 10.1. The average Bonchev–Trinajstić information content (AvgIpc) is 3.56. The average molecular weight is 421 g/mol. The van der Waals surface area contributed by atoms with Crippen LogP contribution in [0.5, 0.6) is 0 Å². The third kappa shape index (κ3) is 3.08. The van der Waals surface area contributed by atoms with Gasteiger partial charge in [-0.1, -0.05) is 30.3 Å². The molecule has 1 amide bonds. The van der Waals surface area contributed by atoms with Crippen LogP contribution in [0.25, 0.3) is 11.1 Å². The molecule has 2 aliphatic carbocycles. The summed E-state index contributed by atoms with van der Waals surface area (Å²) < 4.78 is 14.5. The number of rotatable bonds is 3. The van der Waals surface area contributed by atoms with Gasteiger partial charge in [0, 0.05) is 12.1 Å². The Hall–Kier alpha value is -2.40. The molecule has 0 radical (unpaired) electrons. The number of amides is 1. The summed E-state index contributed by atoms with van der Waals surface area (Å²) in [6.45, 7) is 3.04. The molecule has 7 rings (SSSR count). The lowest BCUT2D eigenvalue weighted by molar-refractivity contribution is -0.0243. The number of piperidine rings is 3. The molecular weight excluding hydrogens is 391 g/mol. The van der Waals surface area contributed by atoms with Gasteiger partial charge in [-0.05, 0) is 91.8 Å². The summed E-state index contributed by atoms with van der Waals surface area (Å²) in [4.78, 5) is 17.0. The van der Waals surface area contributed by atoms with Crippen LogP contribution in [0, 0.1) is 17.2 Å². The second kappa shape index (κ2) is 7.06. The number of benzene rings is 2. The van der Waals surface area contributed by atoms with E-state index in [0.717, 1.165) is 69.3 Å². The summed E-state index contributed by atoms with van der Waals surface area (Å²) in [5.41, 5.74) is 3.84. The van der Waals surface area contributed by atoms with Crippen molar-refractivity contribution in [1.82, 2.24) is 9.80 Å². The second-order valence-electron chi connectivity index (χ2n) is 10.1. The Kier molecular flexibility index (Phi) is 4.39. The van der Waals surface area contributed by atoms with Gasteiger partial charge in [0.2, 0.25) is 0 Å². The van der Waals surface area contributed by atoms with E-state index in [0.29, 0.717) is 11.5 Å². The molecule has 0 aromatic heterocycles. The van der Waals surface area contributed by atoms with Crippen molar-refractivity contribution in [3.63, 3.8) is 0 Å². The van der Waals surface area contributed by atoms with E-state index in [9.17, 15) is 14.3 Å². The molecule has 3 aliphatic heterocycles. The van der Waals surface area contributed by atoms with Gasteiger partial charge in [-0.3, -0.25) is 4.90 Å². The number of halogens is 1. The van der Waals surface area contributed by atoms with E-state index in [1.54, 1.807) is 6.07 Å². The van der Waals surface area contributed by atoms with Crippen LogP contribution >= 0.6 is 0 Å². The molecule has 3 heterocycles. The quantitative estimate of drug-likeness (QED) is 0.729. The minimum Gasteiger partial charge on any atom is -0.465 e. The van der Waals surface area contributed by atoms with E-state index in [1.807, 2.05) is 23.1 Å². The molecule has 4 nitrogen and oxygen atoms in total. The molecule has 1 saturated carbocycles. The molecule has 3 saturated heterocycles. The molecule has 31 heavy (non-hydrogen) atoms. The fraction of sp³-hybridized carbons (Fsp3) is 0.500. The monoisotopic (exact) mass is 420 g/mol. The lowest BCUT2D eigenvalue weighted by atomic mass is 9.73. The van der Waals surface area contributed by atoms with Crippen LogP contribution in [0.1, 0.15) is 49.3 Å². The Bertz CT molecular complexity index is 1030. The first kappa shape index (κ1) is 19.3. The Morgan fingerprint density at radius 2 is 1.87 bits per heavy atom. The number of carboxylic acid groups (broad SMARTS) is 1. The molecule has 2 atom stereocenters. The fourth-order valence-electron chi connectivity index (χ4n) is 6.61. The van der Waals surface area contributed by atoms with Crippen molar-refractivity contribution in [3.8, 4) is 11.1 Å². The summed E-state index contributed by atoms with van der Waals surface area (Å²) in [7, 11) is 0. The fourth-order valence-corrected chi connectivity index (χ4v) is 6.61. The molecule has 5 aliphatic rings. The molecule has 1 N–H and O–H groups in total. The zero-order chi connectivity index (χ0) is 21.2. The third-order valence-corrected chi connectivity index (χ3v) is 8.47. The van der Waals surface area contributed by atoms with Gasteiger partial charge in [0.1, 0.15) is 5.82 Å². The molecule has 2 aromatic carbocycles. The highest BCUT2D eigenvalue weighted by molar-refractivity contribution is 5.69. The Balaban J connectivity index is 1.46. The predicted octanol–water partition coefficient (Wildman–Crippen LogP) is 5.33.